The SMILES string of the molecule is O=C1CN(C(=O)c2cccc([N+](=O)[O-])c2)C(c2ccc(F)cc2)c2cc(Br)ccc2N1. The third kappa shape index (κ3) is 4.17. The zero-order chi connectivity index (χ0) is 22.1. The number of amides is 2. The molecule has 2 amide bonds. The second-order valence-electron chi connectivity index (χ2n) is 6.97. The molecule has 0 fully saturated rings. The van der Waals surface area contributed by atoms with Crippen LogP contribution in [0.2, 0.25) is 0 Å². The van der Waals surface area contributed by atoms with Crippen LogP contribution < -0.4 is 5.32 Å². The van der Waals surface area contributed by atoms with E-state index in [4.69, 9.17) is 0 Å². The van der Waals surface area contributed by atoms with Crippen LogP contribution in [0.25, 0.3) is 0 Å². The molecule has 0 saturated carbocycles. The van der Waals surface area contributed by atoms with Gasteiger partial charge in [0, 0.05) is 33.4 Å². The van der Waals surface area contributed by atoms with Gasteiger partial charge in [0.1, 0.15) is 12.4 Å². The zero-order valence-electron chi connectivity index (χ0n) is 15.9. The summed E-state index contributed by atoms with van der Waals surface area (Å²) in [5.41, 5.74) is 1.60. The molecule has 1 heterocycles. The van der Waals surface area contributed by atoms with E-state index in [1.165, 1.54) is 41.3 Å². The summed E-state index contributed by atoms with van der Waals surface area (Å²) >= 11 is 3.42. The summed E-state index contributed by atoms with van der Waals surface area (Å²) in [6.45, 7) is -0.282. The Morgan fingerprint density at radius 3 is 2.58 bits per heavy atom. The molecule has 0 spiro atoms. The molecule has 4 rings (SSSR count). The first-order chi connectivity index (χ1) is 14.8. The topological polar surface area (TPSA) is 92.5 Å². The van der Waals surface area contributed by atoms with Crippen LogP contribution in [0.15, 0.2) is 71.2 Å². The number of halogens is 2. The lowest BCUT2D eigenvalue weighted by atomic mass is 9.95. The number of carbonyl (C=O) groups excluding carboxylic acids is 2. The largest absolute Gasteiger partial charge is 0.324 e. The first-order valence-electron chi connectivity index (χ1n) is 9.23. The number of non-ortho nitro benzene ring substituents is 1. The number of rotatable bonds is 3. The Morgan fingerprint density at radius 1 is 1.13 bits per heavy atom. The number of hydrogen-bond acceptors (Lipinski definition) is 4. The maximum Gasteiger partial charge on any atom is 0.270 e. The van der Waals surface area contributed by atoms with E-state index in [1.807, 2.05) is 0 Å². The van der Waals surface area contributed by atoms with Crippen molar-refractivity contribution in [3.63, 3.8) is 0 Å². The van der Waals surface area contributed by atoms with Crippen molar-refractivity contribution in [3.8, 4) is 0 Å². The fraction of sp³-hybridized carbons (Fsp3) is 0.0909. The van der Waals surface area contributed by atoms with Gasteiger partial charge >= 0.3 is 0 Å². The van der Waals surface area contributed by atoms with Gasteiger partial charge in [-0.1, -0.05) is 34.1 Å². The zero-order valence-corrected chi connectivity index (χ0v) is 17.5. The van der Waals surface area contributed by atoms with Gasteiger partial charge in [-0.25, -0.2) is 4.39 Å². The van der Waals surface area contributed by atoms with Crippen LogP contribution in [0.5, 0.6) is 0 Å². The molecule has 31 heavy (non-hydrogen) atoms. The minimum absolute atomic E-state index is 0.0764. The molecule has 0 radical (unpaired) electrons. The molecule has 156 valence electrons. The number of nitro groups is 1. The second kappa shape index (κ2) is 8.27. The summed E-state index contributed by atoms with van der Waals surface area (Å²) in [7, 11) is 0. The highest BCUT2D eigenvalue weighted by Crippen LogP contribution is 2.38. The molecule has 0 aliphatic carbocycles. The molecule has 0 bridgehead atoms. The molecular formula is C22H15BrFN3O4. The predicted molar refractivity (Wildman–Crippen MR) is 115 cm³/mol. The lowest BCUT2D eigenvalue weighted by Gasteiger charge is -2.30. The van der Waals surface area contributed by atoms with Gasteiger partial charge in [0.2, 0.25) is 5.91 Å². The number of benzene rings is 3. The number of nitrogens with one attached hydrogen (secondary N) is 1. The monoisotopic (exact) mass is 483 g/mol. The second-order valence-corrected chi connectivity index (χ2v) is 7.89. The number of nitrogens with zero attached hydrogens (tertiary/aromatic N) is 2. The average Bonchev–Trinajstić information content (AvgIpc) is 2.89. The predicted octanol–water partition coefficient (Wildman–Crippen LogP) is 4.68. The molecule has 1 N–H and O–H groups in total. The Balaban J connectivity index is 1.88. The van der Waals surface area contributed by atoms with Crippen molar-refractivity contribution >= 4 is 39.1 Å². The van der Waals surface area contributed by atoms with E-state index >= 15 is 0 Å². The van der Waals surface area contributed by atoms with Crippen LogP contribution in [0.4, 0.5) is 15.8 Å². The summed E-state index contributed by atoms with van der Waals surface area (Å²) in [6, 6.07) is 15.5. The lowest BCUT2D eigenvalue weighted by molar-refractivity contribution is -0.384. The van der Waals surface area contributed by atoms with Crippen LogP contribution >= 0.6 is 15.9 Å². The molecule has 1 aliphatic heterocycles. The number of anilines is 1. The third-order valence-electron chi connectivity index (χ3n) is 4.96. The van der Waals surface area contributed by atoms with Crippen molar-refractivity contribution in [2.24, 2.45) is 0 Å². The van der Waals surface area contributed by atoms with Crippen LogP contribution in [-0.2, 0) is 4.79 Å². The van der Waals surface area contributed by atoms with E-state index in [2.05, 4.69) is 21.2 Å². The van der Waals surface area contributed by atoms with E-state index < -0.39 is 28.6 Å². The first-order valence-corrected chi connectivity index (χ1v) is 10.0. The molecule has 0 saturated heterocycles. The summed E-state index contributed by atoms with van der Waals surface area (Å²) < 4.78 is 14.3. The fourth-order valence-electron chi connectivity index (χ4n) is 3.59. The van der Waals surface area contributed by atoms with Crippen LogP contribution in [-0.4, -0.2) is 28.2 Å². The Morgan fingerprint density at radius 2 is 1.87 bits per heavy atom. The number of nitro benzene ring substituents is 1. The van der Waals surface area contributed by atoms with E-state index in [9.17, 15) is 24.1 Å². The Bertz CT molecular complexity index is 1200. The summed E-state index contributed by atoms with van der Waals surface area (Å²) in [5.74, 6) is -1.40. The van der Waals surface area contributed by atoms with Crippen molar-refractivity contribution in [1.29, 1.82) is 0 Å². The average molecular weight is 484 g/mol. The van der Waals surface area contributed by atoms with Crippen molar-refractivity contribution in [3.05, 3.63) is 104 Å². The standard InChI is InChI=1S/C22H15BrFN3O4/c23-15-6-9-19-18(11-15)21(13-4-7-16(24)8-5-13)26(12-20(28)25-19)22(29)14-2-1-3-17(10-14)27(30)31/h1-11,21H,12H2,(H,25,28). The quantitative estimate of drug-likeness (QED) is 0.432. The Labute approximate surface area is 184 Å². The van der Waals surface area contributed by atoms with E-state index in [0.717, 1.165) is 4.47 Å². The first kappa shape index (κ1) is 20.7. The highest BCUT2D eigenvalue weighted by Gasteiger charge is 2.34. The molecular weight excluding hydrogens is 469 g/mol. The summed E-state index contributed by atoms with van der Waals surface area (Å²) in [6.07, 6.45) is 0. The molecule has 3 aromatic rings. The van der Waals surface area contributed by atoms with E-state index in [1.54, 1.807) is 30.3 Å². The lowest BCUT2D eigenvalue weighted by Crippen LogP contribution is -2.39. The van der Waals surface area contributed by atoms with Crippen molar-refractivity contribution in [2.45, 2.75) is 6.04 Å². The number of fused-ring (bicyclic) bond motifs is 1. The summed E-state index contributed by atoms with van der Waals surface area (Å²) in [5, 5.41) is 13.9. The van der Waals surface area contributed by atoms with Gasteiger partial charge in [-0.3, -0.25) is 19.7 Å². The van der Waals surface area contributed by atoms with Gasteiger partial charge in [0.25, 0.3) is 11.6 Å². The Kier molecular flexibility index (Phi) is 5.51. The fourth-order valence-corrected chi connectivity index (χ4v) is 3.97. The van der Waals surface area contributed by atoms with Gasteiger partial charge in [-0.05, 0) is 42.0 Å². The van der Waals surface area contributed by atoms with Crippen LogP contribution in [0.1, 0.15) is 27.5 Å². The maximum absolute atomic E-state index is 13.6. The minimum atomic E-state index is -0.723. The van der Waals surface area contributed by atoms with Crippen molar-refractivity contribution < 1.29 is 18.9 Å². The van der Waals surface area contributed by atoms with Crippen LogP contribution in [0, 0.1) is 15.9 Å². The molecule has 7 nitrogen and oxygen atoms in total. The Hall–Kier alpha value is -3.59. The van der Waals surface area contributed by atoms with Crippen molar-refractivity contribution in [2.75, 3.05) is 11.9 Å². The van der Waals surface area contributed by atoms with Gasteiger partial charge in [-0.15, -0.1) is 0 Å². The maximum atomic E-state index is 13.6. The summed E-state index contributed by atoms with van der Waals surface area (Å²) in [4.78, 5) is 38.0. The highest BCUT2D eigenvalue weighted by molar-refractivity contribution is 9.10. The van der Waals surface area contributed by atoms with E-state index in [0.29, 0.717) is 16.8 Å². The normalized spacial score (nSPS) is 15.6. The van der Waals surface area contributed by atoms with Gasteiger partial charge < -0.3 is 10.2 Å². The molecule has 1 unspecified atom stereocenters. The molecule has 1 atom stereocenters. The number of carbonyl (C=O) groups is 2. The van der Waals surface area contributed by atoms with Gasteiger partial charge in [0.15, 0.2) is 0 Å². The van der Waals surface area contributed by atoms with Gasteiger partial charge in [-0.2, -0.15) is 0 Å². The van der Waals surface area contributed by atoms with Crippen LogP contribution in [0.3, 0.4) is 0 Å². The smallest absolute Gasteiger partial charge is 0.270 e. The third-order valence-corrected chi connectivity index (χ3v) is 5.45. The minimum Gasteiger partial charge on any atom is -0.324 e. The van der Waals surface area contributed by atoms with Gasteiger partial charge in [0.05, 0.1) is 11.0 Å². The molecule has 9 heteroatoms. The van der Waals surface area contributed by atoms with Crippen molar-refractivity contribution in [1.82, 2.24) is 4.90 Å². The molecule has 1 aliphatic rings. The highest BCUT2D eigenvalue weighted by atomic mass is 79.9. The molecule has 3 aromatic carbocycles. The number of hydrogen-bond donors (Lipinski definition) is 1. The van der Waals surface area contributed by atoms with E-state index in [-0.39, 0.29) is 17.8 Å². The molecule has 0 aromatic heterocycles.